The van der Waals surface area contributed by atoms with E-state index in [0.29, 0.717) is 0 Å². The molecule has 0 aliphatic heterocycles. The third kappa shape index (κ3) is 3.81. The third-order valence-electron chi connectivity index (χ3n) is 7.48. The number of para-hydroxylation sites is 1. The van der Waals surface area contributed by atoms with Crippen molar-refractivity contribution in [3.8, 4) is 38.6 Å². The molecule has 0 amide bonds. The minimum Gasteiger partial charge on any atom is -0.309 e. The van der Waals surface area contributed by atoms with E-state index < -0.39 is 0 Å². The van der Waals surface area contributed by atoms with Gasteiger partial charge in [0.15, 0.2) is 0 Å². The average Bonchev–Trinajstić information content (AvgIpc) is 3.60. The Morgan fingerprint density at radius 1 is 0.525 bits per heavy atom. The molecule has 0 unspecified atom stereocenters. The Bertz CT molecular complexity index is 2160. The summed E-state index contributed by atoms with van der Waals surface area (Å²) in [6.45, 7) is 0. The summed E-state index contributed by atoms with van der Waals surface area (Å²) in [7, 11) is 0. The third-order valence-corrected chi connectivity index (χ3v) is 8.55. The Labute approximate surface area is 235 Å². The molecule has 0 aliphatic carbocycles. The molecular weight excluding hydrogens is 506 g/mol. The zero-order valence-corrected chi connectivity index (χ0v) is 22.3. The van der Waals surface area contributed by atoms with Crippen LogP contribution in [-0.2, 0) is 0 Å². The number of rotatable bonds is 4. The van der Waals surface area contributed by atoms with Crippen LogP contribution in [0.25, 0.3) is 70.7 Å². The molecule has 0 bridgehead atoms. The summed E-state index contributed by atoms with van der Waals surface area (Å²) in [4.78, 5) is 9.62. The summed E-state index contributed by atoms with van der Waals surface area (Å²) in [6, 6.07) is 47.1. The second-order valence-electron chi connectivity index (χ2n) is 9.92. The number of thiazole rings is 1. The SMILES string of the molecule is c1ccc(-c2ccc3nc(-c4ccc5c6ccccc6n(-c6cccc(-c7ccccn7)c6)c5c4)sc3c2)cc1. The average molecular weight is 530 g/mol. The van der Waals surface area contributed by atoms with Crippen LogP contribution in [0, 0.1) is 0 Å². The van der Waals surface area contributed by atoms with E-state index in [1.807, 2.05) is 18.3 Å². The molecule has 8 aromatic rings. The first-order valence-electron chi connectivity index (χ1n) is 13.3. The molecule has 0 N–H and O–H groups in total. The molecule has 0 saturated carbocycles. The molecule has 0 saturated heterocycles. The van der Waals surface area contributed by atoms with Crippen molar-refractivity contribution >= 4 is 43.4 Å². The minimum atomic E-state index is 0.968. The lowest BCUT2D eigenvalue weighted by Crippen LogP contribution is -1.95. The number of benzene rings is 5. The fraction of sp³-hybridized carbons (Fsp3) is 0. The Kier molecular flexibility index (Phi) is 5.32. The van der Waals surface area contributed by atoms with E-state index >= 15 is 0 Å². The predicted molar refractivity (Wildman–Crippen MR) is 168 cm³/mol. The van der Waals surface area contributed by atoms with Gasteiger partial charge in [-0.25, -0.2) is 4.98 Å². The number of fused-ring (bicyclic) bond motifs is 4. The summed E-state index contributed by atoms with van der Waals surface area (Å²) in [6.07, 6.45) is 1.84. The molecule has 0 spiro atoms. The molecule has 40 heavy (non-hydrogen) atoms. The van der Waals surface area contributed by atoms with Crippen molar-refractivity contribution in [3.05, 3.63) is 140 Å². The Morgan fingerprint density at radius 3 is 2.23 bits per heavy atom. The van der Waals surface area contributed by atoms with E-state index in [0.717, 1.165) is 33.0 Å². The molecule has 0 atom stereocenters. The van der Waals surface area contributed by atoms with E-state index in [-0.39, 0.29) is 0 Å². The van der Waals surface area contributed by atoms with Gasteiger partial charge in [-0.15, -0.1) is 11.3 Å². The Hall–Kier alpha value is -5.06. The lowest BCUT2D eigenvalue weighted by molar-refractivity contribution is 1.18. The first kappa shape index (κ1) is 22.9. The topological polar surface area (TPSA) is 30.7 Å². The quantitative estimate of drug-likeness (QED) is 0.227. The summed E-state index contributed by atoms with van der Waals surface area (Å²) < 4.78 is 3.56. The lowest BCUT2D eigenvalue weighted by Gasteiger charge is -2.10. The van der Waals surface area contributed by atoms with Gasteiger partial charge in [0, 0.05) is 33.8 Å². The molecule has 3 heterocycles. The van der Waals surface area contributed by atoms with Crippen molar-refractivity contribution in [1.82, 2.24) is 14.5 Å². The van der Waals surface area contributed by atoms with Crippen molar-refractivity contribution in [2.75, 3.05) is 0 Å². The molecule has 3 aromatic heterocycles. The van der Waals surface area contributed by atoms with Gasteiger partial charge in [0.25, 0.3) is 0 Å². The molecule has 188 valence electrons. The van der Waals surface area contributed by atoms with Gasteiger partial charge in [0.1, 0.15) is 5.01 Å². The molecular formula is C36H23N3S. The van der Waals surface area contributed by atoms with E-state index in [4.69, 9.17) is 4.98 Å². The maximum atomic E-state index is 5.04. The summed E-state index contributed by atoms with van der Waals surface area (Å²) in [5.41, 5.74) is 10.1. The highest BCUT2D eigenvalue weighted by Gasteiger charge is 2.15. The smallest absolute Gasteiger partial charge is 0.124 e. The molecule has 8 rings (SSSR count). The normalized spacial score (nSPS) is 11.5. The lowest BCUT2D eigenvalue weighted by atomic mass is 10.1. The number of nitrogens with zero attached hydrogens (tertiary/aromatic N) is 3. The predicted octanol–water partition coefficient (Wildman–Crippen LogP) is 9.79. The highest BCUT2D eigenvalue weighted by atomic mass is 32.1. The van der Waals surface area contributed by atoms with Gasteiger partial charge < -0.3 is 4.57 Å². The summed E-state index contributed by atoms with van der Waals surface area (Å²) >= 11 is 1.75. The van der Waals surface area contributed by atoms with Crippen LogP contribution in [0.15, 0.2) is 140 Å². The highest BCUT2D eigenvalue weighted by Crippen LogP contribution is 2.38. The van der Waals surface area contributed by atoms with Gasteiger partial charge in [0.05, 0.1) is 26.9 Å². The van der Waals surface area contributed by atoms with Crippen molar-refractivity contribution in [2.24, 2.45) is 0 Å². The Morgan fingerprint density at radius 2 is 1.32 bits per heavy atom. The number of aromatic nitrogens is 3. The maximum Gasteiger partial charge on any atom is 0.124 e. The van der Waals surface area contributed by atoms with Gasteiger partial charge >= 0.3 is 0 Å². The maximum absolute atomic E-state index is 5.04. The molecule has 5 aromatic carbocycles. The van der Waals surface area contributed by atoms with Gasteiger partial charge in [-0.1, -0.05) is 84.9 Å². The van der Waals surface area contributed by atoms with Crippen LogP contribution in [0.3, 0.4) is 0 Å². The van der Waals surface area contributed by atoms with Gasteiger partial charge in [-0.2, -0.15) is 0 Å². The molecule has 3 nitrogen and oxygen atoms in total. The van der Waals surface area contributed by atoms with E-state index in [9.17, 15) is 0 Å². The largest absolute Gasteiger partial charge is 0.309 e. The molecule has 0 aliphatic rings. The van der Waals surface area contributed by atoms with Gasteiger partial charge in [-0.3, -0.25) is 4.98 Å². The van der Waals surface area contributed by atoms with Crippen molar-refractivity contribution in [1.29, 1.82) is 0 Å². The summed E-state index contributed by atoms with van der Waals surface area (Å²) in [5.74, 6) is 0. The summed E-state index contributed by atoms with van der Waals surface area (Å²) in [5, 5.41) is 3.50. The molecule has 0 fully saturated rings. The first-order chi connectivity index (χ1) is 19.8. The van der Waals surface area contributed by atoms with Crippen LogP contribution < -0.4 is 0 Å². The molecule has 0 radical (unpaired) electrons. The van der Waals surface area contributed by atoms with Crippen LogP contribution in [-0.4, -0.2) is 14.5 Å². The monoisotopic (exact) mass is 529 g/mol. The number of hydrogen-bond acceptors (Lipinski definition) is 3. The van der Waals surface area contributed by atoms with E-state index in [2.05, 4.69) is 131 Å². The zero-order chi connectivity index (χ0) is 26.5. The van der Waals surface area contributed by atoms with Crippen molar-refractivity contribution < 1.29 is 0 Å². The second-order valence-corrected chi connectivity index (χ2v) is 10.9. The zero-order valence-electron chi connectivity index (χ0n) is 21.5. The van der Waals surface area contributed by atoms with Crippen LogP contribution in [0.5, 0.6) is 0 Å². The fourth-order valence-electron chi connectivity index (χ4n) is 5.58. The van der Waals surface area contributed by atoms with E-state index in [1.165, 1.54) is 37.6 Å². The van der Waals surface area contributed by atoms with Gasteiger partial charge in [0.2, 0.25) is 0 Å². The van der Waals surface area contributed by atoms with Crippen LogP contribution in [0.1, 0.15) is 0 Å². The number of pyridine rings is 1. The Balaban J connectivity index is 1.29. The highest BCUT2D eigenvalue weighted by molar-refractivity contribution is 7.21. The molecule has 4 heteroatoms. The van der Waals surface area contributed by atoms with Crippen LogP contribution in [0.2, 0.25) is 0 Å². The van der Waals surface area contributed by atoms with Crippen LogP contribution in [0.4, 0.5) is 0 Å². The second kappa shape index (κ2) is 9.30. The van der Waals surface area contributed by atoms with Crippen molar-refractivity contribution in [3.63, 3.8) is 0 Å². The van der Waals surface area contributed by atoms with Crippen molar-refractivity contribution in [2.45, 2.75) is 0 Å². The fourth-order valence-corrected chi connectivity index (χ4v) is 6.58. The van der Waals surface area contributed by atoms with Crippen LogP contribution >= 0.6 is 11.3 Å². The number of hydrogen-bond donors (Lipinski definition) is 0. The first-order valence-corrected chi connectivity index (χ1v) is 14.1. The van der Waals surface area contributed by atoms with E-state index in [1.54, 1.807) is 11.3 Å². The minimum absolute atomic E-state index is 0.968. The van der Waals surface area contributed by atoms with Gasteiger partial charge in [-0.05, 0) is 59.7 Å². The standard InChI is InChI=1S/C36H23N3S/c1-2-9-24(10-3-1)25-17-19-32-35(23-25)40-36(38-32)27-16-18-30-29-13-4-5-15-33(29)39(34(30)22-27)28-12-8-11-26(21-28)31-14-6-7-20-37-31/h1-23H.